The molecule has 25 heavy (non-hydrogen) atoms. The van der Waals surface area contributed by atoms with Gasteiger partial charge >= 0.3 is 0 Å². The van der Waals surface area contributed by atoms with Gasteiger partial charge in [-0.1, -0.05) is 0 Å². The summed E-state index contributed by atoms with van der Waals surface area (Å²) in [6.07, 6.45) is 6.37. The molecule has 1 aliphatic heterocycles. The second kappa shape index (κ2) is 9.76. The summed E-state index contributed by atoms with van der Waals surface area (Å²) in [5, 5.41) is 3.08. The van der Waals surface area contributed by atoms with Crippen molar-refractivity contribution in [1.29, 1.82) is 0 Å². The van der Waals surface area contributed by atoms with Crippen LogP contribution in [-0.4, -0.2) is 54.1 Å². The third-order valence-corrected chi connectivity index (χ3v) is 4.89. The smallest absolute Gasteiger partial charge is 0.255 e. The highest BCUT2D eigenvalue weighted by Crippen LogP contribution is 2.21. The van der Waals surface area contributed by atoms with Crippen LogP contribution in [0.2, 0.25) is 0 Å². The van der Waals surface area contributed by atoms with E-state index < -0.39 is 0 Å². The predicted octanol–water partition coefficient (Wildman–Crippen LogP) is 3.31. The Kier molecular flexibility index (Phi) is 7.69. The number of carbonyl (C=O) groups excluding carboxylic acids is 1. The van der Waals surface area contributed by atoms with Crippen LogP contribution in [0.4, 0.5) is 5.82 Å². The molecule has 0 saturated carbocycles. The Labute approximate surface area is 152 Å². The van der Waals surface area contributed by atoms with Crippen LogP contribution in [0.25, 0.3) is 0 Å². The number of pyridine rings is 1. The zero-order chi connectivity index (χ0) is 18.2. The van der Waals surface area contributed by atoms with Gasteiger partial charge in [-0.25, -0.2) is 4.98 Å². The average molecular weight is 347 g/mol. The van der Waals surface area contributed by atoms with E-state index in [9.17, 15) is 4.79 Å². The lowest BCUT2D eigenvalue weighted by molar-refractivity contribution is 0.0949. The van der Waals surface area contributed by atoms with E-state index in [1.54, 1.807) is 6.20 Å². The van der Waals surface area contributed by atoms with Gasteiger partial charge in [-0.15, -0.1) is 0 Å². The molecule has 0 radical (unpaired) electrons. The summed E-state index contributed by atoms with van der Waals surface area (Å²) in [7, 11) is 0. The summed E-state index contributed by atoms with van der Waals surface area (Å²) in [6, 6.07) is 4.79. The number of hydrogen-bond acceptors (Lipinski definition) is 4. The van der Waals surface area contributed by atoms with Crippen molar-refractivity contribution in [1.82, 2.24) is 15.2 Å². The Bertz CT molecular complexity index is 530. The van der Waals surface area contributed by atoms with Crippen LogP contribution < -0.4 is 10.2 Å². The third-order valence-electron chi connectivity index (χ3n) is 4.89. The minimum atomic E-state index is -0.00526. The highest BCUT2D eigenvalue weighted by atomic mass is 16.1. The van der Waals surface area contributed by atoms with Crippen molar-refractivity contribution in [2.24, 2.45) is 0 Å². The molecule has 1 aromatic rings. The lowest BCUT2D eigenvalue weighted by Gasteiger charge is -2.30. The number of carbonyl (C=O) groups is 1. The Morgan fingerprint density at radius 3 is 2.52 bits per heavy atom. The standard InChI is InChI=1S/C20H34N4O/c1-16(2)24(17(3)4)15-9-12-22-20(25)18-10-8-11-21-19(18)23-13-6-5-7-14-23/h8,10-11,16-17H,5-7,9,12-15H2,1-4H3,(H,22,25). The van der Waals surface area contributed by atoms with Gasteiger partial charge in [0.25, 0.3) is 5.91 Å². The monoisotopic (exact) mass is 346 g/mol. The van der Waals surface area contributed by atoms with Gasteiger partial charge in [-0.05, 0) is 65.5 Å². The Balaban J connectivity index is 1.89. The molecule has 1 aromatic heterocycles. The number of anilines is 1. The maximum atomic E-state index is 12.6. The Hall–Kier alpha value is -1.62. The molecule has 0 unspecified atom stereocenters. The molecule has 0 aromatic carbocycles. The number of nitrogens with zero attached hydrogens (tertiary/aromatic N) is 3. The molecule has 2 rings (SSSR count). The first-order valence-electron chi connectivity index (χ1n) is 9.74. The van der Waals surface area contributed by atoms with Crippen molar-refractivity contribution in [2.75, 3.05) is 31.1 Å². The van der Waals surface area contributed by atoms with Crippen LogP contribution in [0.1, 0.15) is 63.7 Å². The van der Waals surface area contributed by atoms with Crippen molar-refractivity contribution in [3.63, 3.8) is 0 Å². The highest BCUT2D eigenvalue weighted by Gasteiger charge is 2.19. The second-order valence-corrected chi connectivity index (χ2v) is 7.46. The molecule has 0 aliphatic carbocycles. The summed E-state index contributed by atoms with van der Waals surface area (Å²) < 4.78 is 0. The van der Waals surface area contributed by atoms with E-state index in [1.165, 1.54) is 19.3 Å². The van der Waals surface area contributed by atoms with Crippen LogP contribution in [0.5, 0.6) is 0 Å². The number of hydrogen-bond donors (Lipinski definition) is 1. The fourth-order valence-electron chi connectivity index (χ4n) is 3.60. The molecule has 1 fully saturated rings. The van der Waals surface area contributed by atoms with Crippen LogP contribution in [0.3, 0.4) is 0 Å². The van der Waals surface area contributed by atoms with E-state index in [1.807, 2.05) is 12.1 Å². The van der Waals surface area contributed by atoms with E-state index >= 15 is 0 Å². The van der Waals surface area contributed by atoms with Gasteiger partial charge in [0.2, 0.25) is 0 Å². The largest absolute Gasteiger partial charge is 0.356 e. The molecule has 1 saturated heterocycles. The molecule has 0 atom stereocenters. The molecule has 1 N–H and O–H groups in total. The number of amides is 1. The van der Waals surface area contributed by atoms with Gasteiger partial charge in [0.05, 0.1) is 5.56 Å². The first-order chi connectivity index (χ1) is 12.0. The lowest BCUT2D eigenvalue weighted by atomic mass is 10.1. The molecule has 1 aliphatic rings. The van der Waals surface area contributed by atoms with Crippen LogP contribution >= 0.6 is 0 Å². The molecule has 0 spiro atoms. The van der Waals surface area contributed by atoms with E-state index in [2.05, 4.69) is 47.8 Å². The fraction of sp³-hybridized carbons (Fsp3) is 0.700. The van der Waals surface area contributed by atoms with Gasteiger partial charge in [0, 0.05) is 44.5 Å². The fourth-order valence-corrected chi connectivity index (χ4v) is 3.60. The number of aromatic nitrogens is 1. The topological polar surface area (TPSA) is 48.5 Å². The van der Waals surface area contributed by atoms with Gasteiger partial charge in [0.1, 0.15) is 5.82 Å². The van der Waals surface area contributed by atoms with Crippen LogP contribution in [0.15, 0.2) is 18.3 Å². The first-order valence-corrected chi connectivity index (χ1v) is 9.74. The molecular weight excluding hydrogens is 312 g/mol. The van der Waals surface area contributed by atoms with E-state index in [0.717, 1.165) is 31.9 Å². The first kappa shape index (κ1) is 19.7. The van der Waals surface area contributed by atoms with Gasteiger partial charge in [-0.2, -0.15) is 0 Å². The molecule has 5 heteroatoms. The van der Waals surface area contributed by atoms with E-state index in [0.29, 0.717) is 24.2 Å². The quantitative estimate of drug-likeness (QED) is 0.734. The highest BCUT2D eigenvalue weighted by molar-refractivity contribution is 5.98. The van der Waals surface area contributed by atoms with Crippen LogP contribution in [-0.2, 0) is 0 Å². The van der Waals surface area contributed by atoms with Crippen molar-refractivity contribution in [3.8, 4) is 0 Å². The number of piperidine rings is 1. The lowest BCUT2D eigenvalue weighted by Crippen LogP contribution is -2.39. The van der Waals surface area contributed by atoms with E-state index in [4.69, 9.17) is 0 Å². The Morgan fingerprint density at radius 2 is 1.88 bits per heavy atom. The van der Waals surface area contributed by atoms with Crippen molar-refractivity contribution < 1.29 is 4.79 Å². The van der Waals surface area contributed by atoms with Crippen LogP contribution in [0, 0.1) is 0 Å². The molecule has 1 amide bonds. The van der Waals surface area contributed by atoms with Gasteiger partial charge in [-0.3, -0.25) is 9.69 Å². The van der Waals surface area contributed by atoms with Crippen molar-refractivity contribution in [2.45, 2.75) is 65.5 Å². The van der Waals surface area contributed by atoms with Crippen molar-refractivity contribution in [3.05, 3.63) is 23.9 Å². The molecule has 0 bridgehead atoms. The van der Waals surface area contributed by atoms with E-state index in [-0.39, 0.29) is 5.91 Å². The number of nitrogens with one attached hydrogen (secondary N) is 1. The zero-order valence-electron chi connectivity index (χ0n) is 16.3. The molecule has 2 heterocycles. The maximum absolute atomic E-state index is 12.6. The summed E-state index contributed by atoms with van der Waals surface area (Å²) in [4.78, 5) is 21.8. The minimum absolute atomic E-state index is 0.00526. The third kappa shape index (κ3) is 5.70. The summed E-state index contributed by atoms with van der Waals surface area (Å²) in [5.74, 6) is 0.833. The van der Waals surface area contributed by atoms with Gasteiger partial charge in [0.15, 0.2) is 0 Å². The summed E-state index contributed by atoms with van der Waals surface area (Å²) in [6.45, 7) is 12.6. The summed E-state index contributed by atoms with van der Waals surface area (Å²) in [5.41, 5.74) is 0.703. The van der Waals surface area contributed by atoms with Gasteiger partial charge < -0.3 is 10.2 Å². The molecular formula is C20H34N4O. The molecule has 140 valence electrons. The summed E-state index contributed by atoms with van der Waals surface area (Å²) >= 11 is 0. The molecule has 5 nitrogen and oxygen atoms in total. The normalized spacial score (nSPS) is 15.2. The zero-order valence-corrected chi connectivity index (χ0v) is 16.3. The van der Waals surface area contributed by atoms with Crippen molar-refractivity contribution >= 4 is 11.7 Å². The maximum Gasteiger partial charge on any atom is 0.255 e. The SMILES string of the molecule is CC(C)N(CCCNC(=O)c1cccnc1N1CCCCC1)C(C)C. The second-order valence-electron chi connectivity index (χ2n) is 7.46. The average Bonchev–Trinajstić information content (AvgIpc) is 2.61. The Morgan fingerprint density at radius 1 is 1.20 bits per heavy atom. The predicted molar refractivity (Wildman–Crippen MR) is 104 cm³/mol. The number of rotatable bonds is 8. The minimum Gasteiger partial charge on any atom is -0.356 e.